The number of anilines is 1. The number of carbonyl (C=O) groups is 1. The molecule has 0 bridgehead atoms. The van der Waals surface area contributed by atoms with Crippen LogP contribution in [0.1, 0.15) is 9.67 Å². The molecule has 6 heteroatoms. The highest BCUT2D eigenvalue weighted by Gasteiger charge is 2.13. The summed E-state index contributed by atoms with van der Waals surface area (Å²) in [5.41, 5.74) is 1.54. The monoisotopic (exact) mass is 368 g/mol. The summed E-state index contributed by atoms with van der Waals surface area (Å²) >= 11 is 7.47. The second-order valence-electron chi connectivity index (χ2n) is 5.49. The van der Waals surface area contributed by atoms with Crippen LogP contribution in [0, 0.1) is 0 Å². The van der Waals surface area contributed by atoms with Gasteiger partial charge in [-0.2, -0.15) is 0 Å². The lowest BCUT2D eigenvalue weighted by molar-refractivity contribution is 0.103. The Kier molecular flexibility index (Phi) is 4.03. The zero-order valence-electron chi connectivity index (χ0n) is 13.2. The molecule has 0 fully saturated rings. The number of aromatic nitrogens is 1. The van der Waals surface area contributed by atoms with E-state index in [9.17, 15) is 4.79 Å². The topological polar surface area (TPSA) is 51.2 Å². The molecule has 25 heavy (non-hydrogen) atoms. The Morgan fingerprint density at radius 2 is 1.96 bits per heavy atom. The van der Waals surface area contributed by atoms with Crippen LogP contribution in [0.2, 0.25) is 5.02 Å². The summed E-state index contributed by atoms with van der Waals surface area (Å²) in [4.78, 5) is 18.6. The molecule has 0 radical (unpaired) electrons. The zero-order valence-corrected chi connectivity index (χ0v) is 14.8. The minimum Gasteiger partial charge on any atom is -0.495 e. The molecule has 1 N–H and O–H groups in total. The molecule has 0 aliphatic heterocycles. The summed E-state index contributed by atoms with van der Waals surface area (Å²) in [6.07, 6.45) is 0. The minimum atomic E-state index is -0.187. The molecule has 0 unspecified atom stereocenters. The van der Waals surface area contributed by atoms with Crippen LogP contribution in [0.15, 0.2) is 54.6 Å². The van der Waals surface area contributed by atoms with Gasteiger partial charge in [0.25, 0.3) is 5.91 Å². The summed E-state index contributed by atoms with van der Waals surface area (Å²) < 4.78 is 5.12. The van der Waals surface area contributed by atoms with E-state index in [-0.39, 0.29) is 5.91 Å². The third kappa shape index (κ3) is 3.04. The van der Waals surface area contributed by atoms with Crippen molar-refractivity contribution in [3.05, 3.63) is 64.5 Å². The molecule has 0 aliphatic carbocycles. The van der Waals surface area contributed by atoms with Gasteiger partial charge in [-0.15, -0.1) is 11.3 Å². The number of fused-ring (bicyclic) bond motifs is 2. The van der Waals surface area contributed by atoms with Crippen molar-refractivity contribution < 1.29 is 9.53 Å². The molecule has 4 nitrogen and oxygen atoms in total. The van der Waals surface area contributed by atoms with Crippen LogP contribution in [0.25, 0.3) is 21.1 Å². The van der Waals surface area contributed by atoms with Crippen molar-refractivity contribution in [3.8, 4) is 5.75 Å². The van der Waals surface area contributed by atoms with Gasteiger partial charge in [-0.25, -0.2) is 4.98 Å². The van der Waals surface area contributed by atoms with Crippen molar-refractivity contribution in [2.45, 2.75) is 0 Å². The largest absolute Gasteiger partial charge is 0.495 e. The van der Waals surface area contributed by atoms with Crippen molar-refractivity contribution in [1.82, 2.24) is 4.98 Å². The van der Waals surface area contributed by atoms with Crippen LogP contribution in [-0.4, -0.2) is 18.0 Å². The first kappa shape index (κ1) is 15.9. The Balaban J connectivity index is 1.65. The maximum absolute atomic E-state index is 12.5. The Hall–Kier alpha value is -2.63. The molecular formula is C19H13ClN2O2S. The molecule has 0 aliphatic rings. The number of rotatable bonds is 3. The average molecular weight is 369 g/mol. The highest BCUT2D eigenvalue weighted by atomic mass is 35.5. The molecule has 2 heterocycles. The Morgan fingerprint density at radius 3 is 2.76 bits per heavy atom. The highest BCUT2D eigenvalue weighted by Crippen LogP contribution is 2.30. The predicted molar refractivity (Wildman–Crippen MR) is 103 cm³/mol. The van der Waals surface area contributed by atoms with Crippen molar-refractivity contribution in [2.75, 3.05) is 12.4 Å². The fraction of sp³-hybridized carbons (Fsp3) is 0.0526. The number of ether oxygens (including phenoxy) is 1. The van der Waals surface area contributed by atoms with Gasteiger partial charge in [0.05, 0.1) is 22.5 Å². The third-order valence-electron chi connectivity index (χ3n) is 3.84. The summed E-state index contributed by atoms with van der Waals surface area (Å²) in [7, 11) is 1.55. The van der Waals surface area contributed by atoms with Gasteiger partial charge in [-0.3, -0.25) is 4.79 Å². The van der Waals surface area contributed by atoms with Crippen molar-refractivity contribution >= 4 is 55.7 Å². The number of para-hydroxylation sites is 1. The van der Waals surface area contributed by atoms with E-state index in [2.05, 4.69) is 16.4 Å². The van der Waals surface area contributed by atoms with E-state index in [0.717, 1.165) is 21.1 Å². The van der Waals surface area contributed by atoms with E-state index < -0.39 is 0 Å². The molecule has 4 rings (SSSR count). The van der Waals surface area contributed by atoms with Gasteiger partial charge in [0.2, 0.25) is 0 Å². The first-order valence-electron chi connectivity index (χ1n) is 7.58. The number of carbonyl (C=O) groups excluding carboxylic acids is 1. The van der Waals surface area contributed by atoms with Crippen molar-refractivity contribution in [2.24, 2.45) is 0 Å². The molecule has 1 amide bonds. The predicted octanol–water partition coefficient (Wildman–Crippen LogP) is 5.36. The van der Waals surface area contributed by atoms with Gasteiger partial charge < -0.3 is 10.1 Å². The van der Waals surface area contributed by atoms with Crippen LogP contribution < -0.4 is 10.1 Å². The number of hydrogen-bond donors (Lipinski definition) is 1. The lowest BCUT2D eigenvalue weighted by Gasteiger charge is -2.07. The maximum Gasteiger partial charge on any atom is 0.265 e. The van der Waals surface area contributed by atoms with Gasteiger partial charge in [0.1, 0.15) is 10.6 Å². The number of benzene rings is 2. The maximum atomic E-state index is 12.5. The summed E-state index contributed by atoms with van der Waals surface area (Å²) in [5.74, 6) is 0.380. The van der Waals surface area contributed by atoms with Gasteiger partial charge in [-0.05, 0) is 36.4 Å². The Bertz CT molecular complexity index is 1050. The van der Waals surface area contributed by atoms with Crippen LogP contribution >= 0.6 is 22.9 Å². The number of amides is 1. The SMILES string of the molecule is COc1ccc(NC(=O)c2cc3cc4ccccc4nc3s2)cc1Cl. The standard InChI is InChI=1S/C19H13ClN2O2S/c1-24-16-7-6-13(10-14(16)20)21-18(23)17-9-12-8-11-4-2-3-5-15(11)22-19(12)25-17/h2-10H,1H3,(H,21,23). The Morgan fingerprint density at radius 1 is 1.12 bits per heavy atom. The summed E-state index contributed by atoms with van der Waals surface area (Å²) in [6.45, 7) is 0. The van der Waals surface area contributed by atoms with Crippen LogP contribution in [0.5, 0.6) is 5.75 Å². The second kappa shape index (κ2) is 6.35. The normalized spacial score (nSPS) is 11.0. The Labute approximate surface area is 153 Å². The quantitative estimate of drug-likeness (QED) is 0.529. The van der Waals surface area contributed by atoms with Crippen molar-refractivity contribution in [1.29, 1.82) is 0 Å². The van der Waals surface area contributed by atoms with E-state index >= 15 is 0 Å². The van der Waals surface area contributed by atoms with Gasteiger partial charge >= 0.3 is 0 Å². The van der Waals surface area contributed by atoms with E-state index in [4.69, 9.17) is 16.3 Å². The number of nitrogens with zero attached hydrogens (tertiary/aromatic N) is 1. The van der Waals surface area contributed by atoms with Crippen LogP contribution in [-0.2, 0) is 0 Å². The summed E-state index contributed by atoms with van der Waals surface area (Å²) in [6, 6.07) is 17.0. The molecule has 0 saturated heterocycles. The number of halogens is 1. The molecule has 0 saturated carbocycles. The minimum absolute atomic E-state index is 0.187. The van der Waals surface area contributed by atoms with Crippen LogP contribution in [0.4, 0.5) is 5.69 Å². The van der Waals surface area contributed by atoms with Crippen molar-refractivity contribution in [3.63, 3.8) is 0 Å². The van der Waals surface area contributed by atoms with E-state index in [1.807, 2.05) is 30.3 Å². The molecule has 4 aromatic rings. The molecule has 2 aromatic carbocycles. The highest BCUT2D eigenvalue weighted by molar-refractivity contribution is 7.20. The van der Waals surface area contributed by atoms with Gasteiger partial charge in [0.15, 0.2) is 0 Å². The van der Waals surface area contributed by atoms with E-state index in [1.54, 1.807) is 25.3 Å². The van der Waals surface area contributed by atoms with Gasteiger partial charge in [-0.1, -0.05) is 29.8 Å². The third-order valence-corrected chi connectivity index (χ3v) is 5.18. The fourth-order valence-corrected chi connectivity index (χ4v) is 3.80. The molecular weight excluding hydrogens is 356 g/mol. The number of pyridine rings is 1. The van der Waals surface area contributed by atoms with E-state index in [1.165, 1.54) is 11.3 Å². The average Bonchev–Trinajstić information content (AvgIpc) is 3.03. The fourth-order valence-electron chi connectivity index (χ4n) is 2.62. The number of thiophene rings is 1. The second-order valence-corrected chi connectivity index (χ2v) is 6.93. The molecule has 124 valence electrons. The first-order valence-corrected chi connectivity index (χ1v) is 8.78. The summed E-state index contributed by atoms with van der Waals surface area (Å²) in [5, 5.41) is 5.32. The van der Waals surface area contributed by atoms with Crippen LogP contribution in [0.3, 0.4) is 0 Å². The first-order chi connectivity index (χ1) is 12.1. The van der Waals surface area contributed by atoms with E-state index in [0.29, 0.717) is 21.3 Å². The van der Waals surface area contributed by atoms with Gasteiger partial charge in [0, 0.05) is 16.5 Å². The molecule has 0 spiro atoms. The number of nitrogens with one attached hydrogen (secondary N) is 1. The zero-order chi connectivity index (χ0) is 17.4. The molecule has 0 atom stereocenters. The lowest BCUT2D eigenvalue weighted by Crippen LogP contribution is -2.09. The number of hydrogen-bond acceptors (Lipinski definition) is 4. The lowest BCUT2D eigenvalue weighted by atomic mass is 10.2. The smallest absolute Gasteiger partial charge is 0.265 e. The molecule has 2 aromatic heterocycles. The number of methoxy groups -OCH3 is 1.